The molecule has 1 aromatic carbocycles. The fourth-order valence-corrected chi connectivity index (χ4v) is 4.81. The van der Waals surface area contributed by atoms with Crippen LogP contribution in [-0.4, -0.2) is 61.4 Å². The van der Waals surface area contributed by atoms with Gasteiger partial charge in [-0.2, -0.15) is 23.4 Å². The second kappa shape index (κ2) is 8.64. The Hall–Kier alpha value is -3.90. The summed E-state index contributed by atoms with van der Waals surface area (Å²) in [6, 6.07) is 3.16. The van der Waals surface area contributed by atoms with E-state index in [1.165, 1.54) is 4.90 Å². The minimum Gasteiger partial charge on any atom is -0.340 e. The highest BCUT2D eigenvalue weighted by Crippen LogP contribution is 2.34. The molecular weight excluding hydrogens is 482 g/mol. The molecule has 13 heteroatoms. The van der Waals surface area contributed by atoms with Gasteiger partial charge in [-0.1, -0.05) is 0 Å². The Bertz CT molecular complexity index is 1320. The van der Waals surface area contributed by atoms with E-state index in [9.17, 15) is 27.2 Å². The van der Waals surface area contributed by atoms with E-state index in [1.54, 1.807) is 29.7 Å². The number of benzene rings is 1. The lowest BCUT2D eigenvalue weighted by atomic mass is 9.99. The summed E-state index contributed by atoms with van der Waals surface area (Å²) in [5.41, 5.74) is 0.939. The summed E-state index contributed by atoms with van der Waals surface area (Å²) in [5.74, 6) is -1.70. The van der Waals surface area contributed by atoms with Gasteiger partial charge in [0.15, 0.2) is 0 Å². The molecule has 2 aliphatic heterocycles. The SMILES string of the molecule is CC1Cc2nn3c(c2CN1C(=O)Nc1ccc(F)c(C(F)(F)F)c1)C(=O)N(C)CC(c1ccn[nH]1)C3. The maximum Gasteiger partial charge on any atom is 0.419 e. The van der Waals surface area contributed by atoms with Crippen molar-refractivity contribution in [2.75, 3.05) is 18.9 Å². The molecule has 2 aromatic heterocycles. The van der Waals surface area contributed by atoms with Crippen LogP contribution in [0, 0.1) is 5.82 Å². The van der Waals surface area contributed by atoms with Crippen molar-refractivity contribution in [1.29, 1.82) is 0 Å². The topological polar surface area (TPSA) is 99.2 Å². The maximum atomic E-state index is 13.6. The number of likely N-dealkylation sites (N-methyl/N-ethyl adjacent to an activating group) is 1. The van der Waals surface area contributed by atoms with Crippen LogP contribution in [0.4, 0.5) is 28.0 Å². The molecule has 0 aliphatic carbocycles. The number of nitrogens with one attached hydrogen (secondary N) is 2. The van der Waals surface area contributed by atoms with Gasteiger partial charge in [-0.15, -0.1) is 0 Å². The minimum absolute atomic E-state index is 0.0535. The average Bonchev–Trinajstić information content (AvgIpc) is 3.43. The van der Waals surface area contributed by atoms with Crippen molar-refractivity contribution in [2.45, 2.75) is 44.6 Å². The zero-order chi connectivity index (χ0) is 25.8. The molecule has 0 spiro atoms. The Balaban J connectivity index is 1.42. The normalized spacial score (nSPS) is 20.1. The van der Waals surface area contributed by atoms with Gasteiger partial charge in [0, 0.05) is 55.1 Å². The molecular formula is C23H23F4N7O2. The number of amides is 3. The first kappa shape index (κ1) is 23.8. The molecule has 2 N–H and O–H groups in total. The fourth-order valence-electron chi connectivity index (χ4n) is 4.81. The number of fused-ring (bicyclic) bond motifs is 3. The molecule has 2 unspecified atom stereocenters. The van der Waals surface area contributed by atoms with Crippen LogP contribution in [0.1, 0.15) is 45.8 Å². The molecule has 0 saturated carbocycles. The summed E-state index contributed by atoms with van der Waals surface area (Å²) >= 11 is 0. The second-order valence-corrected chi connectivity index (χ2v) is 9.15. The summed E-state index contributed by atoms with van der Waals surface area (Å²) in [6.45, 7) is 2.74. The molecule has 9 nitrogen and oxygen atoms in total. The first-order chi connectivity index (χ1) is 17.0. The van der Waals surface area contributed by atoms with E-state index in [2.05, 4.69) is 20.6 Å². The third-order valence-corrected chi connectivity index (χ3v) is 6.67. The third-order valence-electron chi connectivity index (χ3n) is 6.67. The lowest BCUT2D eigenvalue weighted by molar-refractivity contribution is -0.139. The highest BCUT2D eigenvalue weighted by molar-refractivity contribution is 5.95. The summed E-state index contributed by atoms with van der Waals surface area (Å²) in [6.07, 6.45) is -2.88. The summed E-state index contributed by atoms with van der Waals surface area (Å²) in [7, 11) is 1.70. The highest BCUT2D eigenvalue weighted by Gasteiger charge is 2.38. The van der Waals surface area contributed by atoms with Gasteiger partial charge in [0.2, 0.25) is 0 Å². The maximum absolute atomic E-state index is 13.6. The molecule has 0 saturated heterocycles. The Labute approximate surface area is 203 Å². The van der Waals surface area contributed by atoms with E-state index in [1.807, 2.05) is 6.07 Å². The number of anilines is 1. The van der Waals surface area contributed by atoms with Crippen molar-refractivity contribution in [3.63, 3.8) is 0 Å². The number of halogens is 4. The van der Waals surface area contributed by atoms with Crippen molar-refractivity contribution in [3.8, 4) is 0 Å². The van der Waals surface area contributed by atoms with Gasteiger partial charge >= 0.3 is 12.2 Å². The largest absolute Gasteiger partial charge is 0.419 e. The zero-order valence-electron chi connectivity index (χ0n) is 19.4. The van der Waals surface area contributed by atoms with Gasteiger partial charge in [-0.3, -0.25) is 14.6 Å². The van der Waals surface area contributed by atoms with E-state index in [4.69, 9.17) is 0 Å². The number of hydrogen-bond acceptors (Lipinski definition) is 4. The van der Waals surface area contributed by atoms with Gasteiger partial charge in [0.05, 0.1) is 24.3 Å². The third kappa shape index (κ3) is 4.18. The van der Waals surface area contributed by atoms with E-state index < -0.39 is 23.6 Å². The molecule has 2 aliphatic rings. The van der Waals surface area contributed by atoms with Gasteiger partial charge in [0.25, 0.3) is 5.91 Å². The smallest absolute Gasteiger partial charge is 0.340 e. The van der Waals surface area contributed by atoms with Crippen LogP contribution in [0.3, 0.4) is 0 Å². The van der Waals surface area contributed by atoms with Crippen molar-refractivity contribution in [3.05, 3.63) is 64.5 Å². The molecule has 190 valence electrons. The van der Waals surface area contributed by atoms with Crippen LogP contribution in [0.25, 0.3) is 0 Å². The number of hydrogen-bond donors (Lipinski definition) is 2. The van der Waals surface area contributed by atoms with Crippen LogP contribution in [-0.2, 0) is 25.7 Å². The standard InChI is InChI=1S/C23H23F4N7O2/c1-12-7-19-15(11-33(12)22(36)29-14-3-4-17(24)16(8-14)23(25,26)27)20-21(35)32(2)9-13(10-34(20)31-19)18-5-6-28-30-18/h3-6,8,12-13H,7,9-11H2,1-2H3,(H,28,30)(H,29,36). The fraction of sp³-hybridized carbons (Fsp3) is 0.391. The lowest BCUT2D eigenvalue weighted by Crippen LogP contribution is -2.45. The van der Waals surface area contributed by atoms with Crippen molar-refractivity contribution in [1.82, 2.24) is 29.8 Å². The predicted octanol–water partition coefficient (Wildman–Crippen LogP) is 3.61. The Morgan fingerprint density at radius 1 is 1.22 bits per heavy atom. The number of rotatable bonds is 2. The molecule has 4 heterocycles. The van der Waals surface area contributed by atoms with Crippen LogP contribution in [0.15, 0.2) is 30.5 Å². The molecule has 5 rings (SSSR count). The van der Waals surface area contributed by atoms with E-state index in [0.717, 1.165) is 11.8 Å². The zero-order valence-corrected chi connectivity index (χ0v) is 19.4. The van der Waals surface area contributed by atoms with Crippen LogP contribution >= 0.6 is 0 Å². The van der Waals surface area contributed by atoms with E-state index >= 15 is 0 Å². The molecule has 0 fully saturated rings. The van der Waals surface area contributed by atoms with Crippen molar-refractivity contribution >= 4 is 17.6 Å². The first-order valence-corrected chi connectivity index (χ1v) is 11.3. The van der Waals surface area contributed by atoms with Gasteiger partial charge < -0.3 is 15.1 Å². The number of aromatic nitrogens is 4. The van der Waals surface area contributed by atoms with Gasteiger partial charge in [-0.25, -0.2) is 9.18 Å². The predicted molar refractivity (Wildman–Crippen MR) is 120 cm³/mol. The number of H-pyrrole nitrogens is 1. The molecule has 2 atom stereocenters. The van der Waals surface area contributed by atoms with Crippen molar-refractivity contribution < 1.29 is 27.2 Å². The average molecular weight is 505 g/mol. The summed E-state index contributed by atoms with van der Waals surface area (Å²) < 4.78 is 54.5. The van der Waals surface area contributed by atoms with E-state index in [-0.39, 0.29) is 30.1 Å². The molecule has 3 amide bonds. The number of nitrogens with zero attached hydrogens (tertiary/aromatic N) is 5. The Morgan fingerprint density at radius 3 is 2.69 bits per heavy atom. The molecule has 3 aromatic rings. The first-order valence-electron chi connectivity index (χ1n) is 11.3. The molecule has 0 bridgehead atoms. The lowest BCUT2D eigenvalue weighted by Gasteiger charge is -2.33. The summed E-state index contributed by atoms with van der Waals surface area (Å²) in [4.78, 5) is 29.4. The minimum atomic E-state index is -4.89. The van der Waals surface area contributed by atoms with Gasteiger partial charge in [-0.05, 0) is 31.2 Å². The monoisotopic (exact) mass is 505 g/mol. The van der Waals surface area contributed by atoms with Crippen LogP contribution in [0.5, 0.6) is 0 Å². The number of aromatic amines is 1. The van der Waals surface area contributed by atoms with E-state index in [0.29, 0.717) is 48.6 Å². The Morgan fingerprint density at radius 2 is 2.00 bits per heavy atom. The number of carbonyl (C=O) groups excluding carboxylic acids is 2. The molecule has 36 heavy (non-hydrogen) atoms. The molecule has 0 radical (unpaired) electrons. The second-order valence-electron chi connectivity index (χ2n) is 9.15. The van der Waals surface area contributed by atoms with Crippen LogP contribution < -0.4 is 5.32 Å². The van der Waals surface area contributed by atoms with Gasteiger partial charge in [0.1, 0.15) is 11.5 Å². The summed E-state index contributed by atoms with van der Waals surface area (Å²) in [5, 5.41) is 14.1. The number of carbonyl (C=O) groups is 2. The van der Waals surface area contributed by atoms with Crippen molar-refractivity contribution in [2.24, 2.45) is 0 Å². The van der Waals surface area contributed by atoms with Crippen LogP contribution in [0.2, 0.25) is 0 Å². The number of alkyl halides is 3. The quantitative estimate of drug-likeness (QED) is 0.520. The Kier molecular flexibility index (Phi) is 5.72. The number of urea groups is 1. The highest BCUT2D eigenvalue weighted by atomic mass is 19.4.